The molecule has 0 atom stereocenters. The molecule has 90 valence electrons. The molecule has 0 aliphatic heterocycles. The van der Waals surface area contributed by atoms with Crippen LogP contribution in [0.1, 0.15) is 24.5 Å². The summed E-state index contributed by atoms with van der Waals surface area (Å²) in [4.78, 5) is 0. The van der Waals surface area contributed by atoms with Crippen LogP contribution in [-0.4, -0.2) is 16.3 Å². The Morgan fingerprint density at radius 1 is 1.29 bits per heavy atom. The van der Waals surface area contributed by atoms with Crippen LogP contribution in [0.2, 0.25) is 0 Å². The first-order chi connectivity index (χ1) is 8.31. The lowest BCUT2D eigenvalue weighted by Gasteiger charge is -2.04. The molecule has 2 rings (SSSR count). The topological polar surface area (TPSA) is 29.9 Å². The van der Waals surface area contributed by atoms with Gasteiger partial charge >= 0.3 is 0 Å². The molecule has 1 aromatic carbocycles. The highest BCUT2D eigenvalue weighted by atomic mass is 15.3. The molecule has 0 aliphatic carbocycles. The molecule has 0 unspecified atom stereocenters. The van der Waals surface area contributed by atoms with Crippen molar-refractivity contribution in [2.24, 2.45) is 0 Å². The van der Waals surface area contributed by atoms with Gasteiger partial charge in [-0.05, 0) is 31.5 Å². The van der Waals surface area contributed by atoms with Gasteiger partial charge in [0, 0.05) is 18.3 Å². The standard InChI is InChI=1S/C14H19N3/c1-3-8-15-9-13-10-16-17(11-13)14-7-5-4-6-12(14)2/h4-7,10-11,15H,3,8-9H2,1-2H3. The minimum absolute atomic E-state index is 0.889. The Kier molecular flexibility index (Phi) is 3.94. The van der Waals surface area contributed by atoms with E-state index in [1.165, 1.54) is 11.1 Å². The number of aromatic nitrogens is 2. The predicted molar refractivity (Wildman–Crippen MR) is 70.3 cm³/mol. The molecule has 0 saturated carbocycles. The van der Waals surface area contributed by atoms with E-state index in [1.54, 1.807) is 0 Å². The van der Waals surface area contributed by atoms with Crippen molar-refractivity contribution >= 4 is 0 Å². The van der Waals surface area contributed by atoms with Gasteiger partial charge in [-0.2, -0.15) is 5.10 Å². The fraction of sp³-hybridized carbons (Fsp3) is 0.357. The summed E-state index contributed by atoms with van der Waals surface area (Å²) >= 11 is 0. The van der Waals surface area contributed by atoms with Crippen LogP contribution in [0.3, 0.4) is 0 Å². The Morgan fingerprint density at radius 2 is 2.12 bits per heavy atom. The van der Waals surface area contributed by atoms with Crippen molar-refractivity contribution in [3.63, 3.8) is 0 Å². The number of aryl methyl sites for hydroxylation is 1. The van der Waals surface area contributed by atoms with E-state index >= 15 is 0 Å². The lowest BCUT2D eigenvalue weighted by atomic mass is 10.2. The first-order valence-corrected chi connectivity index (χ1v) is 6.11. The lowest BCUT2D eigenvalue weighted by Crippen LogP contribution is -2.13. The zero-order chi connectivity index (χ0) is 12.1. The van der Waals surface area contributed by atoms with Crippen LogP contribution in [0.4, 0.5) is 0 Å². The molecule has 17 heavy (non-hydrogen) atoms. The molecule has 0 aliphatic rings. The van der Waals surface area contributed by atoms with E-state index in [2.05, 4.69) is 42.6 Å². The Labute approximate surface area is 102 Å². The Balaban J connectivity index is 2.10. The second-order valence-corrected chi connectivity index (χ2v) is 4.26. The number of nitrogens with zero attached hydrogens (tertiary/aromatic N) is 2. The van der Waals surface area contributed by atoms with Gasteiger partial charge in [-0.25, -0.2) is 4.68 Å². The fourth-order valence-electron chi connectivity index (χ4n) is 1.81. The van der Waals surface area contributed by atoms with Crippen LogP contribution in [0.5, 0.6) is 0 Å². The molecular formula is C14H19N3. The predicted octanol–water partition coefficient (Wildman–Crippen LogP) is 2.68. The van der Waals surface area contributed by atoms with Gasteiger partial charge in [0.25, 0.3) is 0 Å². The molecule has 3 heteroatoms. The van der Waals surface area contributed by atoms with Gasteiger partial charge in [0.2, 0.25) is 0 Å². The summed E-state index contributed by atoms with van der Waals surface area (Å²) < 4.78 is 1.94. The van der Waals surface area contributed by atoms with Crippen molar-refractivity contribution in [1.82, 2.24) is 15.1 Å². The highest BCUT2D eigenvalue weighted by Gasteiger charge is 2.02. The van der Waals surface area contributed by atoms with E-state index in [4.69, 9.17) is 0 Å². The van der Waals surface area contributed by atoms with E-state index in [0.717, 1.165) is 25.2 Å². The minimum atomic E-state index is 0.889. The van der Waals surface area contributed by atoms with Gasteiger partial charge in [0.1, 0.15) is 0 Å². The Hall–Kier alpha value is -1.61. The number of rotatable bonds is 5. The summed E-state index contributed by atoms with van der Waals surface area (Å²) in [6.07, 6.45) is 5.17. The van der Waals surface area contributed by atoms with E-state index in [9.17, 15) is 0 Å². The van der Waals surface area contributed by atoms with Crippen LogP contribution in [0, 0.1) is 6.92 Å². The molecule has 0 fully saturated rings. The number of benzene rings is 1. The molecule has 0 radical (unpaired) electrons. The number of hydrogen-bond donors (Lipinski definition) is 1. The van der Waals surface area contributed by atoms with Crippen molar-refractivity contribution < 1.29 is 0 Å². The van der Waals surface area contributed by atoms with Crippen molar-refractivity contribution in [1.29, 1.82) is 0 Å². The highest BCUT2D eigenvalue weighted by molar-refractivity contribution is 5.39. The second kappa shape index (κ2) is 5.64. The van der Waals surface area contributed by atoms with Crippen LogP contribution in [0.25, 0.3) is 5.69 Å². The summed E-state index contributed by atoms with van der Waals surface area (Å²) in [7, 11) is 0. The maximum atomic E-state index is 4.40. The smallest absolute Gasteiger partial charge is 0.0674 e. The summed E-state index contributed by atoms with van der Waals surface area (Å²) in [5, 5.41) is 7.78. The first kappa shape index (κ1) is 11.9. The number of hydrogen-bond acceptors (Lipinski definition) is 2. The molecule has 0 saturated heterocycles. The van der Waals surface area contributed by atoms with E-state index in [1.807, 2.05) is 23.0 Å². The van der Waals surface area contributed by atoms with Gasteiger partial charge in [0.15, 0.2) is 0 Å². The number of nitrogens with one attached hydrogen (secondary N) is 1. The van der Waals surface area contributed by atoms with Gasteiger partial charge in [0.05, 0.1) is 11.9 Å². The summed E-state index contributed by atoms with van der Waals surface area (Å²) in [6.45, 7) is 6.21. The maximum Gasteiger partial charge on any atom is 0.0674 e. The van der Waals surface area contributed by atoms with Gasteiger partial charge in [-0.3, -0.25) is 0 Å². The third kappa shape index (κ3) is 2.94. The maximum absolute atomic E-state index is 4.40. The molecule has 3 nitrogen and oxygen atoms in total. The average Bonchev–Trinajstić information content (AvgIpc) is 2.79. The monoisotopic (exact) mass is 229 g/mol. The minimum Gasteiger partial charge on any atom is -0.313 e. The normalized spacial score (nSPS) is 10.7. The van der Waals surface area contributed by atoms with Crippen molar-refractivity contribution in [3.8, 4) is 5.69 Å². The van der Waals surface area contributed by atoms with E-state index in [0.29, 0.717) is 0 Å². The molecule has 0 spiro atoms. The molecule has 1 N–H and O–H groups in total. The van der Waals surface area contributed by atoms with Crippen LogP contribution in [-0.2, 0) is 6.54 Å². The lowest BCUT2D eigenvalue weighted by molar-refractivity contribution is 0.675. The molecule has 2 aromatic rings. The third-order valence-electron chi connectivity index (χ3n) is 2.75. The van der Waals surface area contributed by atoms with Gasteiger partial charge in [-0.1, -0.05) is 25.1 Å². The SMILES string of the molecule is CCCNCc1cnn(-c2ccccc2C)c1. The Morgan fingerprint density at radius 3 is 2.88 bits per heavy atom. The average molecular weight is 229 g/mol. The van der Waals surface area contributed by atoms with Gasteiger partial charge in [-0.15, -0.1) is 0 Å². The number of para-hydroxylation sites is 1. The van der Waals surface area contributed by atoms with Crippen LogP contribution >= 0.6 is 0 Å². The molecule has 0 bridgehead atoms. The van der Waals surface area contributed by atoms with Crippen molar-refractivity contribution in [2.45, 2.75) is 26.8 Å². The largest absolute Gasteiger partial charge is 0.313 e. The molecular weight excluding hydrogens is 210 g/mol. The third-order valence-corrected chi connectivity index (χ3v) is 2.75. The molecule has 1 heterocycles. The zero-order valence-electron chi connectivity index (χ0n) is 10.5. The van der Waals surface area contributed by atoms with E-state index in [-0.39, 0.29) is 0 Å². The van der Waals surface area contributed by atoms with Crippen LogP contribution in [0.15, 0.2) is 36.7 Å². The fourth-order valence-corrected chi connectivity index (χ4v) is 1.81. The summed E-state index contributed by atoms with van der Waals surface area (Å²) in [5.74, 6) is 0. The Bertz CT molecular complexity index is 474. The zero-order valence-corrected chi connectivity index (χ0v) is 10.5. The quantitative estimate of drug-likeness (QED) is 0.799. The molecule has 1 aromatic heterocycles. The first-order valence-electron chi connectivity index (χ1n) is 6.11. The van der Waals surface area contributed by atoms with Crippen molar-refractivity contribution in [3.05, 3.63) is 47.8 Å². The van der Waals surface area contributed by atoms with Crippen molar-refractivity contribution in [2.75, 3.05) is 6.54 Å². The summed E-state index contributed by atoms with van der Waals surface area (Å²) in [5.41, 5.74) is 3.61. The second-order valence-electron chi connectivity index (χ2n) is 4.26. The van der Waals surface area contributed by atoms with Gasteiger partial charge < -0.3 is 5.32 Å². The highest BCUT2D eigenvalue weighted by Crippen LogP contribution is 2.12. The van der Waals surface area contributed by atoms with E-state index < -0.39 is 0 Å². The molecule has 0 amide bonds. The van der Waals surface area contributed by atoms with Crippen LogP contribution < -0.4 is 5.32 Å². The summed E-state index contributed by atoms with van der Waals surface area (Å²) in [6, 6.07) is 8.28.